The van der Waals surface area contributed by atoms with Crippen molar-refractivity contribution >= 4 is 23.4 Å². The van der Waals surface area contributed by atoms with Crippen molar-refractivity contribution in [1.29, 1.82) is 5.26 Å². The summed E-state index contributed by atoms with van der Waals surface area (Å²) in [6.45, 7) is 11.6. The highest BCUT2D eigenvalue weighted by Gasteiger charge is 2.32. The molecule has 1 saturated carbocycles. The molecule has 10 heteroatoms. The number of halogens is 1. The third kappa shape index (κ3) is 10.1. The highest BCUT2D eigenvalue weighted by atomic mass is 35.5. The van der Waals surface area contributed by atoms with Gasteiger partial charge < -0.3 is 24.8 Å². The molecule has 1 aliphatic heterocycles. The van der Waals surface area contributed by atoms with Crippen LogP contribution in [-0.2, 0) is 25.4 Å². The van der Waals surface area contributed by atoms with Crippen molar-refractivity contribution in [3.05, 3.63) is 41.2 Å². The Morgan fingerprint density at radius 2 is 1.93 bits per heavy atom. The van der Waals surface area contributed by atoms with Gasteiger partial charge in [-0.25, -0.2) is 9.78 Å². The second-order valence-corrected chi connectivity index (χ2v) is 13.8. The Morgan fingerprint density at radius 3 is 2.61 bits per heavy atom. The third-order valence-corrected chi connectivity index (χ3v) is 8.73. The molecule has 0 amide bonds. The van der Waals surface area contributed by atoms with Crippen LogP contribution < -0.4 is 10.6 Å². The second-order valence-electron chi connectivity index (χ2n) is 13.4. The van der Waals surface area contributed by atoms with Crippen molar-refractivity contribution in [3.63, 3.8) is 0 Å². The fourth-order valence-electron chi connectivity index (χ4n) is 5.84. The topological polar surface area (TPSA) is 118 Å². The third-order valence-electron chi connectivity index (χ3n) is 8.43. The van der Waals surface area contributed by atoms with E-state index < -0.39 is 17.1 Å². The Balaban J connectivity index is 1.26. The van der Waals surface area contributed by atoms with E-state index in [1.165, 1.54) is 0 Å². The number of carbonyl (C=O) groups excluding carboxylic acids is 1. The molecule has 1 aliphatic carbocycles. The van der Waals surface area contributed by atoms with Gasteiger partial charge >= 0.3 is 5.97 Å². The first-order valence-electron chi connectivity index (χ1n) is 15.9. The molecule has 2 N–H and O–H groups in total. The SMILES string of the molecule is C[C@H](CO[C@H](C)C(=O)OC(C)(C)C)NC1CCC(Cc2cc(-c3cccc(NCC4(C#N)CCOCC4)n3)c(Cl)cn2)CC1. The summed E-state index contributed by atoms with van der Waals surface area (Å²) in [7, 11) is 0. The lowest BCUT2D eigenvalue weighted by molar-refractivity contribution is -0.167. The summed E-state index contributed by atoms with van der Waals surface area (Å²) in [4.78, 5) is 21.7. The summed E-state index contributed by atoms with van der Waals surface area (Å²) in [5.74, 6) is 0.946. The van der Waals surface area contributed by atoms with Gasteiger partial charge in [0.1, 0.15) is 11.4 Å². The van der Waals surface area contributed by atoms with Crippen molar-refractivity contribution in [2.45, 2.75) is 103 Å². The molecule has 44 heavy (non-hydrogen) atoms. The second kappa shape index (κ2) is 15.5. The lowest BCUT2D eigenvalue weighted by Crippen LogP contribution is -2.42. The molecular weight excluding hydrogens is 578 g/mol. The molecule has 2 fully saturated rings. The smallest absolute Gasteiger partial charge is 0.335 e. The van der Waals surface area contributed by atoms with E-state index in [0.29, 0.717) is 43.3 Å². The van der Waals surface area contributed by atoms with E-state index in [1.807, 2.05) is 39.0 Å². The minimum Gasteiger partial charge on any atom is -0.458 e. The van der Waals surface area contributed by atoms with Crippen LogP contribution in [0.3, 0.4) is 0 Å². The maximum absolute atomic E-state index is 12.2. The Hall–Kier alpha value is -2.77. The molecule has 0 spiro atoms. The molecule has 3 heterocycles. The first-order chi connectivity index (χ1) is 20.9. The van der Waals surface area contributed by atoms with Gasteiger partial charge in [-0.2, -0.15) is 5.26 Å². The number of ether oxygens (including phenoxy) is 3. The van der Waals surface area contributed by atoms with Gasteiger partial charge in [0.15, 0.2) is 6.10 Å². The minimum absolute atomic E-state index is 0.141. The maximum atomic E-state index is 12.2. The predicted molar refractivity (Wildman–Crippen MR) is 172 cm³/mol. The number of esters is 1. The minimum atomic E-state index is -0.590. The number of nitriles is 1. The van der Waals surface area contributed by atoms with Gasteiger partial charge in [-0.1, -0.05) is 17.7 Å². The summed E-state index contributed by atoms with van der Waals surface area (Å²) < 4.78 is 16.6. The van der Waals surface area contributed by atoms with Gasteiger partial charge in [-0.3, -0.25) is 4.98 Å². The Kier molecular flexibility index (Phi) is 12.0. The number of nitrogens with zero attached hydrogens (tertiary/aromatic N) is 3. The van der Waals surface area contributed by atoms with Crippen molar-refractivity contribution in [1.82, 2.24) is 15.3 Å². The zero-order chi connectivity index (χ0) is 31.7. The van der Waals surface area contributed by atoms with E-state index >= 15 is 0 Å². The van der Waals surface area contributed by atoms with Gasteiger partial charge in [0.25, 0.3) is 0 Å². The van der Waals surface area contributed by atoms with Gasteiger partial charge in [0, 0.05) is 49.3 Å². The van der Waals surface area contributed by atoms with Crippen LogP contribution in [0.25, 0.3) is 11.3 Å². The zero-order valence-electron chi connectivity index (χ0n) is 26.8. The number of rotatable bonds is 12. The molecule has 240 valence electrons. The molecule has 2 atom stereocenters. The van der Waals surface area contributed by atoms with Crippen LogP contribution in [0, 0.1) is 22.7 Å². The van der Waals surface area contributed by atoms with Crippen molar-refractivity contribution in [2.24, 2.45) is 11.3 Å². The molecule has 0 radical (unpaired) electrons. The fourth-order valence-corrected chi connectivity index (χ4v) is 6.04. The van der Waals surface area contributed by atoms with E-state index in [-0.39, 0.29) is 12.0 Å². The number of anilines is 1. The molecule has 9 nitrogen and oxygen atoms in total. The zero-order valence-corrected chi connectivity index (χ0v) is 27.6. The lowest BCUT2D eigenvalue weighted by atomic mass is 9.82. The number of carbonyl (C=O) groups is 1. The number of nitrogens with one attached hydrogen (secondary N) is 2. The van der Waals surface area contributed by atoms with Crippen molar-refractivity contribution < 1.29 is 19.0 Å². The summed E-state index contributed by atoms with van der Waals surface area (Å²) in [5, 5.41) is 17.4. The Morgan fingerprint density at radius 1 is 1.20 bits per heavy atom. The molecule has 0 bridgehead atoms. The summed E-state index contributed by atoms with van der Waals surface area (Å²) in [5.41, 5.74) is 1.72. The number of aromatic nitrogens is 2. The van der Waals surface area contributed by atoms with Crippen LogP contribution in [0.15, 0.2) is 30.5 Å². The molecular formula is C34H48ClN5O4. The highest BCUT2D eigenvalue weighted by Crippen LogP contribution is 2.33. The van der Waals surface area contributed by atoms with Crippen LogP contribution in [0.1, 0.15) is 78.8 Å². The molecule has 0 unspecified atom stereocenters. The van der Waals surface area contributed by atoms with Crippen molar-refractivity contribution in [3.8, 4) is 17.3 Å². The Bertz CT molecular complexity index is 1280. The summed E-state index contributed by atoms with van der Waals surface area (Å²) >= 11 is 6.60. The monoisotopic (exact) mass is 625 g/mol. The average Bonchev–Trinajstić information content (AvgIpc) is 3.00. The van der Waals surface area contributed by atoms with Crippen LogP contribution in [0.5, 0.6) is 0 Å². The van der Waals surface area contributed by atoms with E-state index in [2.05, 4.69) is 34.7 Å². The van der Waals surface area contributed by atoms with Gasteiger partial charge in [0.05, 0.1) is 28.8 Å². The first-order valence-corrected chi connectivity index (χ1v) is 16.3. The first kappa shape index (κ1) is 34.1. The van der Waals surface area contributed by atoms with Crippen LogP contribution in [-0.4, -0.2) is 66.1 Å². The molecule has 4 rings (SSSR count). The fraction of sp³-hybridized carbons (Fsp3) is 0.647. The van der Waals surface area contributed by atoms with E-state index in [4.69, 9.17) is 30.8 Å². The molecule has 2 aromatic rings. The van der Waals surface area contributed by atoms with E-state index in [0.717, 1.165) is 67.7 Å². The Labute approximate surface area is 267 Å². The molecule has 1 saturated heterocycles. The predicted octanol–water partition coefficient (Wildman–Crippen LogP) is 6.36. The van der Waals surface area contributed by atoms with Gasteiger partial charge in [-0.05, 0) is 104 Å². The van der Waals surface area contributed by atoms with Crippen LogP contribution in [0.4, 0.5) is 5.82 Å². The van der Waals surface area contributed by atoms with Gasteiger partial charge in [-0.15, -0.1) is 0 Å². The number of hydrogen-bond donors (Lipinski definition) is 2. The quantitative estimate of drug-likeness (QED) is 0.260. The normalized spacial score (nSPS) is 21.6. The van der Waals surface area contributed by atoms with Gasteiger partial charge in [0.2, 0.25) is 0 Å². The van der Waals surface area contributed by atoms with Crippen LogP contribution >= 0.6 is 11.6 Å². The standard InChI is InChI=1S/C34H48ClN5O4/c1-23(20-43-24(2)32(41)44-33(3,4)5)39-26-11-9-25(10-12-26)17-27-18-28(29(35)19-37-27)30-7-6-8-31(40-30)38-22-34(21-36)13-15-42-16-14-34/h6-8,18-19,23-26,39H,9-17,20,22H2,1-5H3,(H,38,40)/t23-,24-,25?,26?/m1/s1. The lowest BCUT2D eigenvalue weighted by Gasteiger charge is -2.31. The number of hydrogen-bond acceptors (Lipinski definition) is 9. The highest BCUT2D eigenvalue weighted by molar-refractivity contribution is 6.33. The van der Waals surface area contributed by atoms with E-state index in [1.54, 1.807) is 13.1 Å². The molecule has 0 aromatic carbocycles. The summed E-state index contributed by atoms with van der Waals surface area (Å²) in [6, 6.07) is 11.0. The average molecular weight is 626 g/mol. The molecule has 2 aliphatic rings. The van der Waals surface area contributed by atoms with Crippen LogP contribution in [0.2, 0.25) is 5.02 Å². The van der Waals surface area contributed by atoms with Crippen molar-refractivity contribution in [2.75, 3.05) is 31.7 Å². The molecule has 2 aromatic heterocycles. The summed E-state index contributed by atoms with van der Waals surface area (Å²) in [6.07, 6.45) is 7.87. The number of pyridine rings is 2. The maximum Gasteiger partial charge on any atom is 0.335 e. The van der Waals surface area contributed by atoms with E-state index in [9.17, 15) is 10.1 Å². The largest absolute Gasteiger partial charge is 0.458 e.